The van der Waals surface area contributed by atoms with Gasteiger partial charge in [-0.05, 0) is 49.3 Å². The molecule has 0 saturated heterocycles. The van der Waals surface area contributed by atoms with Crippen LogP contribution in [0.1, 0.15) is 54.9 Å². The number of carbonyl (C=O) groups excluding carboxylic acids is 2. The van der Waals surface area contributed by atoms with E-state index in [-0.39, 0.29) is 23.6 Å². The third-order valence-electron chi connectivity index (χ3n) is 8.02. The summed E-state index contributed by atoms with van der Waals surface area (Å²) in [6.07, 6.45) is 3.64. The van der Waals surface area contributed by atoms with Crippen LogP contribution in [0.15, 0.2) is 66.4 Å². The van der Waals surface area contributed by atoms with Gasteiger partial charge in [0.1, 0.15) is 5.82 Å². The van der Waals surface area contributed by atoms with Crippen molar-refractivity contribution >= 4 is 11.8 Å². The Morgan fingerprint density at radius 3 is 2.68 bits per heavy atom. The van der Waals surface area contributed by atoms with Gasteiger partial charge in [0.2, 0.25) is 0 Å². The summed E-state index contributed by atoms with van der Waals surface area (Å²) in [5.74, 6) is 0.247. The van der Waals surface area contributed by atoms with Gasteiger partial charge < -0.3 is 9.84 Å². The number of esters is 1. The highest BCUT2D eigenvalue weighted by Gasteiger charge is 2.55. The number of hydrogen-bond donors (Lipinski definition) is 1. The largest absolute Gasteiger partial charge is 0.515 e. The predicted molar refractivity (Wildman–Crippen MR) is 141 cm³/mol. The molecule has 1 fully saturated rings. The monoisotopic (exact) mass is 496 g/mol. The number of allylic oxidation sites excluding steroid dienone is 1. The van der Waals surface area contributed by atoms with Crippen LogP contribution in [0.2, 0.25) is 0 Å². The number of Topliss-reactive ketones (excluding diaryl/α,β-unsaturated/α-hetero) is 1. The molecular weight excluding hydrogens is 464 g/mol. The van der Waals surface area contributed by atoms with Crippen molar-refractivity contribution < 1.29 is 19.4 Å². The number of aryl methyl sites for hydroxylation is 1. The van der Waals surface area contributed by atoms with Crippen LogP contribution in [0.25, 0.3) is 11.3 Å². The molecule has 6 heteroatoms. The maximum Gasteiger partial charge on any atom is 0.302 e. The summed E-state index contributed by atoms with van der Waals surface area (Å²) >= 11 is 0. The van der Waals surface area contributed by atoms with Crippen molar-refractivity contribution in [3.63, 3.8) is 0 Å². The van der Waals surface area contributed by atoms with E-state index in [2.05, 4.69) is 24.3 Å². The lowest BCUT2D eigenvalue weighted by Crippen LogP contribution is -2.51. The van der Waals surface area contributed by atoms with Gasteiger partial charge in [0, 0.05) is 41.4 Å². The molecule has 1 N–H and O–H groups in total. The quantitative estimate of drug-likeness (QED) is 0.287. The Morgan fingerprint density at radius 2 is 1.95 bits per heavy atom. The van der Waals surface area contributed by atoms with Crippen molar-refractivity contribution in [2.24, 2.45) is 11.8 Å². The number of aliphatic hydroxyl groups excluding tert-OH is 1. The van der Waals surface area contributed by atoms with Gasteiger partial charge in [0.15, 0.2) is 5.78 Å². The fraction of sp³-hybridized carbons (Fsp3) is 0.355. The van der Waals surface area contributed by atoms with E-state index in [4.69, 9.17) is 14.7 Å². The van der Waals surface area contributed by atoms with E-state index in [1.54, 1.807) is 0 Å². The summed E-state index contributed by atoms with van der Waals surface area (Å²) < 4.78 is 5.14. The van der Waals surface area contributed by atoms with Gasteiger partial charge in [0.05, 0.1) is 24.3 Å². The summed E-state index contributed by atoms with van der Waals surface area (Å²) in [6.45, 7) is 5.65. The molecule has 1 saturated carbocycles. The molecule has 190 valence electrons. The number of ketones is 1. The van der Waals surface area contributed by atoms with Gasteiger partial charge >= 0.3 is 5.97 Å². The normalized spacial score (nSPS) is 23.9. The average Bonchev–Trinajstić information content (AvgIpc) is 2.90. The Hall–Kier alpha value is -3.80. The van der Waals surface area contributed by atoms with Gasteiger partial charge in [-0.25, -0.2) is 9.97 Å². The van der Waals surface area contributed by atoms with Crippen LogP contribution in [0.3, 0.4) is 0 Å². The van der Waals surface area contributed by atoms with Gasteiger partial charge in [-0.1, -0.05) is 55.5 Å². The number of hydrogen-bond acceptors (Lipinski definition) is 6. The van der Waals surface area contributed by atoms with Crippen molar-refractivity contribution in [3.05, 3.63) is 94.6 Å². The predicted octanol–water partition coefficient (Wildman–Crippen LogP) is 5.46. The molecule has 1 aromatic heterocycles. The lowest BCUT2D eigenvalue weighted by atomic mass is 9.52. The second-order valence-electron chi connectivity index (χ2n) is 10.2. The fourth-order valence-corrected chi connectivity index (χ4v) is 6.40. The topological polar surface area (TPSA) is 89.4 Å². The number of nitrogens with zero attached hydrogens (tertiary/aromatic N) is 2. The summed E-state index contributed by atoms with van der Waals surface area (Å²) in [6, 6.07) is 18.5. The summed E-state index contributed by atoms with van der Waals surface area (Å²) in [5, 5.41) is 10.1. The van der Waals surface area contributed by atoms with Crippen LogP contribution in [-0.4, -0.2) is 33.4 Å². The number of ether oxygens (including phenoxy) is 1. The minimum atomic E-state index is -0.536. The first-order chi connectivity index (χ1) is 17.8. The van der Waals surface area contributed by atoms with Crippen molar-refractivity contribution in [2.45, 2.75) is 51.9 Å². The van der Waals surface area contributed by atoms with Gasteiger partial charge in [-0.3, -0.25) is 9.59 Å². The van der Waals surface area contributed by atoms with E-state index < -0.39 is 5.41 Å². The third kappa shape index (κ3) is 4.35. The Kier molecular flexibility index (Phi) is 6.67. The third-order valence-corrected chi connectivity index (χ3v) is 8.02. The Morgan fingerprint density at radius 1 is 1.16 bits per heavy atom. The first kappa shape index (κ1) is 24.9. The number of aliphatic hydroxyl groups is 1. The van der Waals surface area contributed by atoms with Crippen LogP contribution in [0, 0.1) is 18.8 Å². The van der Waals surface area contributed by atoms with Crippen LogP contribution in [-0.2, 0) is 32.6 Å². The average molecular weight is 497 g/mol. The molecule has 37 heavy (non-hydrogen) atoms. The maximum atomic E-state index is 13.1. The van der Waals surface area contributed by atoms with Gasteiger partial charge in [0.25, 0.3) is 0 Å². The maximum absolute atomic E-state index is 13.1. The standard InChI is InChI=1S/C31H32N2O4/c1-19-27-13-12-26-28(23-9-7-8-22(16-23)14-15-37-21(3)35)32-20(2)33-30(26)31(27,17-24(18-34)29(19)36)25-10-5-4-6-11-25/h4-11,16,18-19,27,34H,12-15,17H2,1-3H3/t19-,27-,31+/m0/s1. The molecule has 3 atom stereocenters. The SMILES string of the molecule is CC(=O)OCCc1cccc(-c2nc(C)nc3c2CC[C@H]2[C@H](C)C(=O)C(=CO)C[C@]32c2ccccc2)c1. The summed E-state index contributed by atoms with van der Waals surface area (Å²) in [7, 11) is 0. The minimum absolute atomic E-state index is 0.0222. The molecule has 1 heterocycles. The van der Waals surface area contributed by atoms with E-state index in [0.29, 0.717) is 30.8 Å². The highest BCUT2D eigenvalue weighted by atomic mass is 16.5. The Bertz CT molecular complexity index is 1380. The van der Waals surface area contributed by atoms with E-state index >= 15 is 0 Å². The van der Waals surface area contributed by atoms with Gasteiger partial charge in [-0.2, -0.15) is 0 Å². The number of benzene rings is 2. The van der Waals surface area contributed by atoms with Crippen LogP contribution < -0.4 is 0 Å². The lowest BCUT2D eigenvalue weighted by Gasteiger charge is -2.51. The molecule has 0 unspecified atom stereocenters. The number of rotatable bonds is 5. The zero-order chi connectivity index (χ0) is 26.2. The molecule has 2 aliphatic rings. The number of aromatic nitrogens is 2. The van der Waals surface area contributed by atoms with E-state index in [1.807, 2.05) is 44.2 Å². The van der Waals surface area contributed by atoms with Crippen molar-refractivity contribution in [2.75, 3.05) is 6.61 Å². The highest BCUT2D eigenvalue weighted by Crippen LogP contribution is 2.56. The molecule has 0 spiro atoms. The fourth-order valence-electron chi connectivity index (χ4n) is 6.40. The lowest BCUT2D eigenvalue weighted by molar-refractivity contribution is -0.140. The summed E-state index contributed by atoms with van der Waals surface area (Å²) in [5.41, 5.74) is 6.06. The van der Waals surface area contributed by atoms with E-state index in [9.17, 15) is 14.7 Å². The molecule has 0 radical (unpaired) electrons. The van der Waals surface area contributed by atoms with Crippen LogP contribution >= 0.6 is 0 Å². The number of fused-ring (bicyclic) bond motifs is 3. The minimum Gasteiger partial charge on any atom is -0.515 e. The van der Waals surface area contributed by atoms with Crippen LogP contribution in [0.5, 0.6) is 0 Å². The van der Waals surface area contributed by atoms with Crippen molar-refractivity contribution in [1.29, 1.82) is 0 Å². The van der Waals surface area contributed by atoms with Crippen molar-refractivity contribution in [1.82, 2.24) is 9.97 Å². The molecule has 0 bridgehead atoms. The molecule has 5 rings (SSSR count). The first-order valence-electron chi connectivity index (χ1n) is 12.9. The molecule has 0 amide bonds. The molecule has 2 aliphatic carbocycles. The van der Waals surface area contributed by atoms with Crippen LogP contribution in [0.4, 0.5) is 0 Å². The molecule has 6 nitrogen and oxygen atoms in total. The Balaban J connectivity index is 1.68. The van der Waals surface area contributed by atoms with E-state index in [1.165, 1.54) is 6.92 Å². The first-order valence-corrected chi connectivity index (χ1v) is 12.9. The zero-order valence-corrected chi connectivity index (χ0v) is 21.5. The van der Waals surface area contributed by atoms with Crippen molar-refractivity contribution in [3.8, 4) is 11.3 Å². The molecule has 2 aromatic carbocycles. The Labute approximate surface area is 217 Å². The smallest absolute Gasteiger partial charge is 0.302 e. The highest BCUT2D eigenvalue weighted by molar-refractivity contribution is 5.98. The molecular formula is C31H32N2O4. The second kappa shape index (κ2) is 9.92. The zero-order valence-electron chi connectivity index (χ0n) is 21.5. The van der Waals surface area contributed by atoms with E-state index in [0.717, 1.165) is 52.7 Å². The summed E-state index contributed by atoms with van der Waals surface area (Å²) in [4.78, 5) is 34.3. The number of carbonyl (C=O) groups is 2. The second-order valence-corrected chi connectivity index (χ2v) is 10.2. The molecule has 3 aromatic rings. The van der Waals surface area contributed by atoms with Gasteiger partial charge in [-0.15, -0.1) is 0 Å². The molecule has 0 aliphatic heterocycles.